The van der Waals surface area contributed by atoms with E-state index in [4.69, 9.17) is 0 Å². The first-order valence-electron chi connectivity index (χ1n) is 3.69. The first-order valence-corrected chi connectivity index (χ1v) is 4.13. The Morgan fingerprint density at radius 3 is 3.08 bits per heavy atom. The highest BCUT2D eigenvalue weighted by atomic mass is 32.1. The summed E-state index contributed by atoms with van der Waals surface area (Å²) in [6.45, 7) is 0. The van der Waals surface area contributed by atoms with Crippen molar-refractivity contribution < 1.29 is 0 Å². The van der Waals surface area contributed by atoms with Gasteiger partial charge in [-0.3, -0.25) is 4.79 Å². The minimum atomic E-state index is -0.178. The van der Waals surface area contributed by atoms with E-state index in [2.05, 4.69) is 27.7 Å². The minimum absolute atomic E-state index is 0.178. The Labute approximate surface area is 79.5 Å². The molecule has 1 aromatic carbocycles. The van der Waals surface area contributed by atoms with Crippen molar-refractivity contribution in [1.82, 2.24) is 10.2 Å². The fourth-order valence-electron chi connectivity index (χ4n) is 1.17. The van der Waals surface area contributed by atoms with Gasteiger partial charge < -0.3 is 4.72 Å². The lowest BCUT2D eigenvalue weighted by Gasteiger charge is -1.99. The standard InChI is InChI=1S/C8H7N3OS/c12-8-7-2-1-6(11-13)3-5(7)4-9-10-8/h1-4,11,13H,(H,10,12). The third-order valence-corrected chi connectivity index (χ3v) is 2.05. The summed E-state index contributed by atoms with van der Waals surface area (Å²) < 4.78 is 2.69. The van der Waals surface area contributed by atoms with Crippen molar-refractivity contribution in [1.29, 1.82) is 0 Å². The summed E-state index contributed by atoms with van der Waals surface area (Å²) in [4.78, 5) is 11.2. The molecule has 0 amide bonds. The molecule has 2 rings (SSSR count). The van der Waals surface area contributed by atoms with Gasteiger partial charge in [-0.05, 0) is 18.2 Å². The van der Waals surface area contributed by atoms with Crippen LogP contribution >= 0.6 is 12.8 Å². The molecule has 2 aromatic rings. The van der Waals surface area contributed by atoms with Gasteiger partial charge in [-0.25, -0.2) is 5.10 Å². The molecule has 0 aliphatic heterocycles. The summed E-state index contributed by atoms with van der Waals surface area (Å²) in [5.74, 6) is 0. The van der Waals surface area contributed by atoms with Crippen molar-refractivity contribution in [3.05, 3.63) is 34.7 Å². The summed E-state index contributed by atoms with van der Waals surface area (Å²) in [5.41, 5.74) is 0.659. The molecule has 0 fully saturated rings. The highest BCUT2D eigenvalue weighted by molar-refractivity contribution is 7.81. The maximum atomic E-state index is 11.2. The number of hydrogen-bond acceptors (Lipinski definition) is 4. The number of thiol groups is 1. The van der Waals surface area contributed by atoms with Gasteiger partial charge in [0.1, 0.15) is 0 Å². The molecule has 2 N–H and O–H groups in total. The van der Waals surface area contributed by atoms with Crippen LogP contribution in [0.2, 0.25) is 0 Å². The maximum absolute atomic E-state index is 11.2. The van der Waals surface area contributed by atoms with Crippen LogP contribution in [-0.2, 0) is 0 Å². The molecule has 1 aromatic heterocycles. The van der Waals surface area contributed by atoms with E-state index in [0.29, 0.717) is 5.39 Å². The Morgan fingerprint density at radius 1 is 1.46 bits per heavy atom. The number of fused-ring (bicyclic) bond motifs is 1. The van der Waals surface area contributed by atoms with E-state index < -0.39 is 0 Å². The highest BCUT2D eigenvalue weighted by Gasteiger charge is 1.98. The molecular formula is C8H7N3OS. The van der Waals surface area contributed by atoms with E-state index >= 15 is 0 Å². The molecular weight excluding hydrogens is 186 g/mol. The molecule has 0 radical (unpaired) electrons. The second-order valence-corrected chi connectivity index (χ2v) is 2.84. The zero-order valence-electron chi connectivity index (χ0n) is 6.61. The second-order valence-electron chi connectivity index (χ2n) is 2.61. The summed E-state index contributed by atoms with van der Waals surface area (Å²) in [6, 6.07) is 5.32. The number of rotatable bonds is 1. The number of hydrogen-bond donors (Lipinski definition) is 3. The van der Waals surface area contributed by atoms with E-state index in [1.807, 2.05) is 6.07 Å². The maximum Gasteiger partial charge on any atom is 0.272 e. The summed E-state index contributed by atoms with van der Waals surface area (Å²) in [6.07, 6.45) is 1.60. The Bertz CT molecular complexity index is 494. The number of nitrogens with zero attached hydrogens (tertiary/aromatic N) is 1. The molecule has 0 saturated heterocycles. The summed E-state index contributed by atoms with van der Waals surface area (Å²) in [7, 11) is 0. The van der Waals surface area contributed by atoms with Crippen molar-refractivity contribution in [2.75, 3.05) is 4.72 Å². The van der Waals surface area contributed by atoms with Gasteiger partial charge in [0.25, 0.3) is 5.56 Å². The van der Waals surface area contributed by atoms with Crippen LogP contribution in [0.3, 0.4) is 0 Å². The van der Waals surface area contributed by atoms with Gasteiger partial charge in [-0.15, -0.1) is 0 Å². The average molecular weight is 193 g/mol. The number of aromatic amines is 1. The summed E-state index contributed by atoms with van der Waals surface area (Å²) in [5, 5.41) is 7.49. The molecule has 1 heterocycles. The van der Waals surface area contributed by atoms with Gasteiger partial charge in [-0.2, -0.15) is 5.10 Å². The van der Waals surface area contributed by atoms with Crippen LogP contribution < -0.4 is 10.3 Å². The van der Waals surface area contributed by atoms with Gasteiger partial charge in [0.05, 0.1) is 11.6 Å². The number of nitrogens with one attached hydrogen (secondary N) is 2. The van der Waals surface area contributed by atoms with Gasteiger partial charge in [0, 0.05) is 11.1 Å². The van der Waals surface area contributed by atoms with E-state index in [-0.39, 0.29) is 5.56 Å². The zero-order valence-corrected chi connectivity index (χ0v) is 7.51. The van der Waals surface area contributed by atoms with E-state index in [9.17, 15) is 4.79 Å². The molecule has 0 saturated carbocycles. The Balaban J connectivity index is 2.80. The molecule has 0 unspecified atom stereocenters. The third kappa shape index (κ3) is 1.38. The van der Waals surface area contributed by atoms with Crippen molar-refractivity contribution >= 4 is 29.3 Å². The topological polar surface area (TPSA) is 57.8 Å². The second kappa shape index (κ2) is 3.10. The van der Waals surface area contributed by atoms with Crippen LogP contribution in [0, 0.1) is 0 Å². The minimum Gasteiger partial charge on any atom is -0.332 e. The van der Waals surface area contributed by atoms with Crippen molar-refractivity contribution in [2.24, 2.45) is 0 Å². The van der Waals surface area contributed by atoms with E-state index in [0.717, 1.165) is 11.1 Å². The quantitative estimate of drug-likeness (QED) is 0.596. The van der Waals surface area contributed by atoms with Crippen LogP contribution in [-0.4, -0.2) is 10.2 Å². The lowest BCUT2D eigenvalue weighted by molar-refractivity contribution is 1.01. The third-order valence-electron chi connectivity index (χ3n) is 1.80. The summed E-state index contributed by atoms with van der Waals surface area (Å²) >= 11 is 3.91. The largest absolute Gasteiger partial charge is 0.332 e. The molecule has 66 valence electrons. The van der Waals surface area contributed by atoms with Crippen LogP contribution in [0.25, 0.3) is 10.8 Å². The van der Waals surface area contributed by atoms with Gasteiger partial charge in [-0.1, -0.05) is 12.8 Å². The molecule has 0 spiro atoms. The van der Waals surface area contributed by atoms with Gasteiger partial charge in [0.2, 0.25) is 0 Å². The van der Waals surface area contributed by atoms with E-state index in [1.54, 1.807) is 18.3 Å². The SMILES string of the molecule is O=c1[nH]ncc2cc(NS)ccc12. The molecule has 4 nitrogen and oxygen atoms in total. The number of anilines is 1. The van der Waals surface area contributed by atoms with Gasteiger partial charge >= 0.3 is 0 Å². The predicted molar refractivity (Wildman–Crippen MR) is 55.0 cm³/mol. The lowest BCUT2D eigenvalue weighted by Crippen LogP contribution is -2.06. The van der Waals surface area contributed by atoms with Crippen molar-refractivity contribution in [3.8, 4) is 0 Å². The van der Waals surface area contributed by atoms with Crippen LogP contribution in [0.1, 0.15) is 0 Å². The lowest BCUT2D eigenvalue weighted by atomic mass is 10.2. The van der Waals surface area contributed by atoms with Crippen LogP contribution in [0.4, 0.5) is 5.69 Å². The number of benzene rings is 1. The van der Waals surface area contributed by atoms with Crippen molar-refractivity contribution in [2.45, 2.75) is 0 Å². The molecule has 13 heavy (non-hydrogen) atoms. The molecule has 0 aliphatic carbocycles. The molecule has 0 aliphatic rings. The first-order chi connectivity index (χ1) is 6.31. The fourth-order valence-corrected chi connectivity index (χ4v) is 1.31. The molecule has 5 heteroatoms. The Kier molecular flexibility index (Phi) is 1.94. The van der Waals surface area contributed by atoms with E-state index in [1.165, 1.54) is 0 Å². The van der Waals surface area contributed by atoms with Crippen LogP contribution in [0.5, 0.6) is 0 Å². The Hall–Kier alpha value is -1.49. The molecule has 0 atom stereocenters. The molecule has 0 bridgehead atoms. The fraction of sp³-hybridized carbons (Fsp3) is 0. The zero-order chi connectivity index (χ0) is 9.26. The predicted octanol–water partition coefficient (Wildman–Crippen LogP) is 1.18. The first kappa shape index (κ1) is 8.12. The average Bonchev–Trinajstić information content (AvgIpc) is 2.18. The number of aromatic nitrogens is 2. The smallest absolute Gasteiger partial charge is 0.272 e. The highest BCUT2D eigenvalue weighted by Crippen LogP contribution is 2.15. The van der Waals surface area contributed by atoms with Crippen LogP contribution in [0.15, 0.2) is 29.2 Å². The van der Waals surface area contributed by atoms with Gasteiger partial charge in [0.15, 0.2) is 0 Å². The number of H-pyrrole nitrogens is 1. The Morgan fingerprint density at radius 2 is 2.31 bits per heavy atom. The normalized spacial score (nSPS) is 10.2. The monoisotopic (exact) mass is 193 g/mol. The van der Waals surface area contributed by atoms with Crippen molar-refractivity contribution in [3.63, 3.8) is 0 Å².